The van der Waals surface area contributed by atoms with Gasteiger partial charge in [-0.2, -0.15) is 0 Å². The summed E-state index contributed by atoms with van der Waals surface area (Å²) in [5.74, 6) is 0. The second-order valence-corrected chi connectivity index (χ2v) is 15.5. The third-order valence-corrected chi connectivity index (χ3v) is 12.9. The molecule has 0 saturated heterocycles. The van der Waals surface area contributed by atoms with Gasteiger partial charge in [-0.25, -0.2) is 0 Å². The van der Waals surface area contributed by atoms with Crippen LogP contribution in [0.2, 0.25) is 0 Å². The zero-order valence-electron chi connectivity index (χ0n) is 22.5. The predicted octanol–water partition coefficient (Wildman–Crippen LogP) is 11.2. The summed E-state index contributed by atoms with van der Waals surface area (Å²) in [6.07, 6.45) is 39.1. The van der Waals surface area contributed by atoms with E-state index in [4.69, 9.17) is 0 Å². The van der Waals surface area contributed by atoms with E-state index in [-0.39, 0.29) is 0 Å². The smallest absolute Gasteiger partial charge is 0.0654 e. The second kappa shape index (κ2) is 24.8. The van der Waals surface area contributed by atoms with Crippen LogP contribution in [-0.2, 0) is 0 Å². The van der Waals surface area contributed by atoms with Crippen molar-refractivity contribution in [3.63, 3.8) is 0 Å². The molecule has 188 valence electrons. The van der Waals surface area contributed by atoms with Crippen LogP contribution in [0.3, 0.4) is 0 Å². The first-order valence-electron chi connectivity index (χ1n) is 14.9. The number of hydrogen-bond donors (Lipinski definition) is 0. The fourth-order valence-corrected chi connectivity index (χ4v) is 10.5. The van der Waals surface area contributed by atoms with Crippen LogP contribution in [-0.4, -0.2) is 24.6 Å². The fourth-order valence-electron chi connectivity index (χ4n) is 5.32. The Bertz CT molecular complexity index is 340. The van der Waals surface area contributed by atoms with Crippen LogP contribution in [0.15, 0.2) is 12.7 Å². The minimum absolute atomic E-state index is 1.06. The van der Waals surface area contributed by atoms with Gasteiger partial charge in [-0.3, -0.25) is 0 Å². The minimum Gasteiger partial charge on any atom is -0.0654 e. The minimum atomic E-state index is -1.06. The second-order valence-electron chi connectivity index (χ2n) is 10.6. The summed E-state index contributed by atoms with van der Waals surface area (Å²) in [7, 11) is -1.06. The maximum atomic E-state index is 4.12. The van der Waals surface area contributed by atoms with Gasteiger partial charge in [0.2, 0.25) is 0 Å². The van der Waals surface area contributed by atoms with Gasteiger partial charge < -0.3 is 0 Å². The average molecular weight is 455 g/mol. The quantitative estimate of drug-likeness (QED) is 0.0692. The maximum absolute atomic E-state index is 4.12. The molecule has 0 N–H and O–H groups in total. The molecule has 0 radical (unpaired) electrons. The van der Waals surface area contributed by atoms with Crippen molar-refractivity contribution >= 4 is 7.26 Å². The van der Waals surface area contributed by atoms with Crippen molar-refractivity contribution in [1.29, 1.82) is 0 Å². The Kier molecular flexibility index (Phi) is 24.9. The van der Waals surface area contributed by atoms with E-state index in [1.165, 1.54) is 141 Å². The molecule has 0 aromatic heterocycles. The van der Waals surface area contributed by atoms with Gasteiger partial charge in [-0.05, 0) is 0 Å². The van der Waals surface area contributed by atoms with Crippen LogP contribution >= 0.6 is 7.26 Å². The summed E-state index contributed by atoms with van der Waals surface area (Å²) in [4.78, 5) is 0. The average Bonchev–Trinajstić information content (AvgIpc) is 2.78. The Labute approximate surface area is 200 Å². The molecule has 0 nitrogen and oxygen atoms in total. The van der Waals surface area contributed by atoms with Crippen LogP contribution in [0.25, 0.3) is 0 Å². The normalized spacial score (nSPS) is 12.4. The number of rotatable bonds is 26. The van der Waals surface area contributed by atoms with Gasteiger partial charge in [0, 0.05) is 0 Å². The van der Waals surface area contributed by atoms with Gasteiger partial charge in [0.1, 0.15) is 0 Å². The fraction of sp³-hybridized carbons (Fsp3) is 0.933. The van der Waals surface area contributed by atoms with E-state index in [1.54, 1.807) is 18.5 Å². The van der Waals surface area contributed by atoms with Crippen LogP contribution in [0, 0.1) is 0 Å². The molecule has 0 spiro atoms. The summed E-state index contributed by atoms with van der Waals surface area (Å²) in [6.45, 7) is 11.2. The standard InChI is InChI=1S/C30H63P/c1-5-9-12-13-14-15-16-17-18-19-20-21-22-23-24-25-26-30-31(27-8-4,28-10-6-2)29-11-7-3/h8,31H,4-7,9-30H2,1-3H3. The predicted molar refractivity (Wildman–Crippen MR) is 152 cm³/mol. The molecule has 0 heterocycles. The van der Waals surface area contributed by atoms with Gasteiger partial charge in [0.05, 0.1) is 0 Å². The van der Waals surface area contributed by atoms with Gasteiger partial charge >= 0.3 is 155 Å². The number of hydrogen-bond acceptors (Lipinski definition) is 0. The summed E-state index contributed by atoms with van der Waals surface area (Å²) >= 11 is 0. The SMILES string of the molecule is C=CC[PH](CCCC)(CCCC)CCCCCCCCCCCCCCCCCCC. The molecule has 0 aliphatic carbocycles. The van der Waals surface area contributed by atoms with E-state index >= 15 is 0 Å². The Hall–Kier alpha value is 0.170. The van der Waals surface area contributed by atoms with Crippen molar-refractivity contribution in [3.8, 4) is 0 Å². The molecule has 0 amide bonds. The third kappa shape index (κ3) is 20.5. The molecule has 0 atom stereocenters. The van der Waals surface area contributed by atoms with Crippen LogP contribution in [0.4, 0.5) is 0 Å². The first kappa shape index (κ1) is 31.2. The molecule has 31 heavy (non-hydrogen) atoms. The van der Waals surface area contributed by atoms with Crippen LogP contribution < -0.4 is 0 Å². The monoisotopic (exact) mass is 454 g/mol. The van der Waals surface area contributed by atoms with Crippen molar-refractivity contribution in [2.75, 3.05) is 24.6 Å². The first-order chi connectivity index (χ1) is 15.2. The van der Waals surface area contributed by atoms with Crippen molar-refractivity contribution < 1.29 is 0 Å². The zero-order chi connectivity index (χ0) is 22.9. The molecule has 0 fully saturated rings. The molecule has 0 unspecified atom stereocenters. The van der Waals surface area contributed by atoms with Gasteiger partial charge in [0.15, 0.2) is 0 Å². The topological polar surface area (TPSA) is 0 Å². The van der Waals surface area contributed by atoms with Crippen molar-refractivity contribution in [2.24, 2.45) is 0 Å². The molecular formula is C30H63P. The number of allylic oxidation sites excluding steroid dienone is 1. The molecular weight excluding hydrogens is 391 g/mol. The third-order valence-electron chi connectivity index (χ3n) is 7.51. The van der Waals surface area contributed by atoms with E-state index < -0.39 is 7.26 Å². The molecule has 0 aromatic carbocycles. The summed E-state index contributed by atoms with van der Waals surface area (Å²) in [6, 6.07) is 0. The molecule has 0 aliphatic heterocycles. The summed E-state index contributed by atoms with van der Waals surface area (Å²) < 4.78 is 0. The van der Waals surface area contributed by atoms with Crippen molar-refractivity contribution in [3.05, 3.63) is 12.7 Å². The van der Waals surface area contributed by atoms with Crippen molar-refractivity contribution in [2.45, 2.75) is 156 Å². The Morgan fingerprint density at radius 1 is 0.419 bits per heavy atom. The van der Waals surface area contributed by atoms with Crippen molar-refractivity contribution in [1.82, 2.24) is 0 Å². The Morgan fingerprint density at radius 2 is 0.710 bits per heavy atom. The van der Waals surface area contributed by atoms with Gasteiger partial charge in [-0.1, -0.05) is 45.4 Å². The first-order valence-corrected chi connectivity index (χ1v) is 17.7. The van der Waals surface area contributed by atoms with E-state index in [9.17, 15) is 0 Å². The molecule has 0 aromatic rings. The molecule has 0 rings (SSSR count). The van der Waals surface area contributed by atoms with E-state index in [0.717, 1.165) is 0 Å². The summed E-state index contributed by atoms with van der Waals surface area (Å²) in [5, 5.41) is 0. The van der Waals surface area contributed by atoms with Gasteiger partial charge in [-0.15, -0.1) is 0 Å². The Morgan fingerprint density at radius 3 is 1.03 bits per heavy atom. The molecule has 0 saturated carbocycles. The molecule has 1 heteroatoms. The van der Waals surface area contributed by atoms with E-state index in [2.05, 4.69) is 33.4 Å². The van der Waals surface area contributed by atoms with Crippen LogP contribution in [0.5, 0.6) is 0 Å². The molecule has 0 bridgehead atoms. The molecule has 0 aliphatic rings. The van der Waals surface area contributed by atoms with Crippen LogP contribution in [0.1, 0.15) is 156 Å². The van der Waals surface area contributed by atoms with Gasteiger partial charge in [0.25, 0.3) is 0 Å². The number of unbranched alkanes of at least 4 members (excludes halogenated alkanes) is 18. The Balaban J connectivity index is 3.59. The van der Waals surface area contributed by atoms with E-state index in [1.807, 2.05) is 0 Å². The summed E-state index contributed by atoms with van der Waals surface area (Å²) in [5.41, 5.74) is 0. The van der Waals surface area contributed by atoms with E-state index in [0.29, 0.717) is 0 Å². The zero-order valence-corrected chi connectivity index (χ0v) is 23.5.